The highest BCUT2D eigenvalue weighted by Crippen LogP contribution is 2.29. The molecule has 1 atom stereocenters. The van der Waals surface area contributed by atoms with Gasteiger partial charge in [-0.3, -0.25) is 0 Å². The van der Waals surface area contributed by atoms with E-state index in [1.165, 1.54) is 0 Å². The molecule has 0 saturated carbocycles. The van der Waals surface area contributed by atoms with Crippen molar-refractivity contribution in [1.29, 1.82) is 0 Å². The third-order valence-electron chi connectivity index (χ3n) is 2.92. The number of hydrogen-bond acceptors (Lipinski definition) is 2. The monoisotopic (exact) mass is 243 g/mol. The first-order valence-corrected chi connectivity index (χ1v) is 6.41. The molecule has 0 aromatic heterocycles. The summed E-state index contributed by atoms with van der Waals surface area (Å²) >= 11 is 0. The minimum absolute atomic E-state index is 0.213. The first kappa shape index (κ1) is 16.3. The second-order valence-corrected chi connectivity index (χ2v) is 6.83. The van der Waals surface area contributed by atoms with Gasteiger partial charge >= 0.3 is 6.09 Å². The Morgan fingerprint density at radius 3 is 1.94 bits per heavy atom. The lowest BCUT2D eigenvalue weighted by molar-refractivity contribution is 0.0232. The molecule has 0 aromatic carbocycles. The quantitative estimate of drug-likeness (QED) is 0.751. The van der Waals surface area contributed by atoms with Gasteiger partial charge in [-0.1, -0.05) is 34.1 Å². The number of rotatable bonds is 3. The molecule has 0 aromatic rings. The highest BCUT2D eigenvalue weighted by Gasteiger charge is 2.27. The molecule has 0 heterocycles. The molecule has 3 heteroatoms. The van der Waals surface area contributed by atoms with Crippen molar-refractivity contribution in [2.75, 3.05) is 13.6 Å². The minimum atomic E-state index is -0.422. The van der Waals surface area contributed by atoms with Crippen molar-refractivity contribution in [1.82, 2.24) is 4.90 Å². The molecule has 0 fully saturated rings. The van der Waals surface area contributed by atoms with E-state index >= 15 is 0 Å². The summed E-state index contributed by atoms with van der Waals surface area (Å²) < 4.78 is 5.34. The van der Waals surface area contributed by atoms with E-state index in [-0.39, 0.29) is 11.5 Å². The topological polar surface area (TPSA) is 29.5 Å². The molecule has 0 unspecified atom stereocenters. The van der Waals surface area contributed by atoms with Gasteiger partial charge in [0.2, 0.25) is 0 Å². The Hall–Kier alpha value is -0.730. The van der Waals surface area contributed by atoms with Gasteiger partial charge in [-0.2, -0.15) is 0 Å². The van der Waals surface area contributed by atoms with Gasteiger partial charge < -0.3 is 9.64 Å². The normalized spacial score (nSPS) is 14.4. The van der Waals surface area contributed by atoms with Crippen LogP contribution < -0.4 is 0 Å². The predicted octanol–water partition coefficient (Wildman–Crippen LogP) is 3.93. The highest BCUT2D eigenvalue weighted by molar-refractivity contribution is 5.67. The number of nitrogens with zero attached hydrogens (tertiary/aromatic N) is 1. The SMILES string of the molecule is CC[C@H](CN(C)C(=O)OC(C)(C)C)C(C)(C)C. The maximum absolute atomic E-state index is 11.8. The minimum Gasteiger partial charge on any atom is -0.444 e. The summed E-state index contributed by atoms with van der Waals surface area (Å²) in [6, 6.07) is 0. The highest BCUT2D eigenvalue weighted by atomic mass is 16.6. The Morgan fingerprint density at radius 1 is 1.18 bits per heavy atom. The Labute approximate surface area is 107 Å². The number of ether oxygens (including phenoxy) is 1. The molecule has 3 nitrogen and oxygen atoms in total. The summed E-state index contributed by atoms with van der Waals surface area (Å²) in [7, 11) is 1.81. The molecule has 1 amide bonds. The number of carbonyl (C=O) groups is 1. The molecule has 0 saturated heterocycles. The second kappa shape index (κ2) is 5.74. The Bertz CT molecular complexity index is 248. The van der Waals surface area contributed by atoms with Crippen LogP contribution in [-0.2, 0) is 4.74 Å². The van der Waals surface area contributed by atoms with Gasteiger partial charge in [0.15, 0.2) is 0 Å². The first-order chi connectivity index (χ1) is 7.47. The van der Waals surface area contributed by atoms with Gasteiger partial charge in [-0.25, -0.2) is 4.79 Å². The molecule has 0 aliphatic rings. The van der Waals surface area contributed by atoms with Gasteiger partial charge in [0.05, 0.1) is 0 Å². The Balaban J connectivity index is 4.43. The molecule has 102 valence electrons. The number of hydrogen-bond donors (Lipinski definition) is 0. The van der Waals surface area contributed by atoms with E-state index in [1.54, 1.807) is 4.90 Å². The van der Waals surface area contributed by atoms with Crippen LogP contribution in [0.4, 0.5) is 4.79 Å². The van der Waals surface area contributed by atoms with Crippen LogP contribution in [0.1, 0.15) is 54.9 Å². The van der Waals surface area contributed by atoms with Crippen LogP contribution in [0.15, 0.2) is 0 Å². The number of amides is 1. The van der Waals surface area contributed by atoms with Crippen molar-refractivity contribution in [3.8, 4) is 0 Å². The smallest absolute Gasteiger partial charge is 0.410 e. The molecular formula is C14H29NO2. The Morgan fingerprint density at radius 2 is 1.65 bits per heavy atom. The van der Waals surface area contributed by atoms with Crippen molar-refractivity contribution in [3.05, 3.63) is 0 Å². The van der Waals surface area contributed by atoms with Gasteiger partial charge in [-0.05, 0) is 32.1 Å². The molecule has 0 rings (SSSR count). The lowest BCUT2D eigenvalue weighted by atomic mass is 9.79. The lowest BCUT2D eigenvalue weighted by Crippen LogP contribution is -2.39. The van der Waals surface area contributed by atoms with Crippen LogP contribution in [0, 0.1) is 11.3 Å². The summed E-state index contributed by atoms with van der Waals surface area (Å²) in [6.07, 6.45) is 0.830. The van der Waals surface area contributed by atoms with Crippen LogP contribution in [0.2, 0.25) is 0 Å². The van der Waals surface area contributed by atoms with Gasteiger partial charge in [0.25, 0.3) is 0 Å². The van der Waals surface area contributed by atoms with E-state index in [0.29, 0.717) is 5.92 Å². The van der Waals surface area contributed by atoms with E-state index in [0.717, 1.165) is 13.0 Å². The largest absolute Gasteiger partial charge is 0.444 e. The zero-order chi connectivity index (χ0) is 13.9. The first-order valence-electron chi connectivity index (χ1n) is 6.41. The summed E-state index contributed by atoms with van der Waals surface area (Å²) in [5.74, 6) is 0.486. The molecule has 0 radical (unpaired) electrons. The molecule has 0 N–H and O–H groups in total. The van der Waals surface area contributed by atoms with Crippen molar-refractivity contribution < 1.29 is 9.53 Å². The molecule has 17 heavy (non-hydrogen) atoms. The zero-order valence-corrected chi connectivity index (χ0v) is 12.8. The van der Waals surface area contributed by atoms with E-state index in [2.05, 4.69) is 27.7 Å². The predicted molar refractivity (Wildman–Crippen MR) is 72.1 cm³/mol. The van der Waals surface area contributed by atoms with Gasteiger partial charge in [0, 0.05) is 13.6 Å². The molecule has 0 aliphatic carbocycles. The summed E-state index contributed by atoms with van der Waals surface area (Å²) in [5, 5.41) is 0. The van der Waals surface area contributed by atoms with Crippen LogP contribution in [0.25, 0.3) is 0 Å². The average Bonchev–Trinajstić information content (AvgIpc) is 2.08. The van der Waals surface area contributed by atoms with Crippen molar-refractivity contribution >= 4 is 6.09 Å². The third kappa shape index (κ3) is 6.54. The van der Waals surface area contributed by atoms with Crippen molar-refractivity contribution in [3.63, 3.8) is 0 Å². The molecule has 0 aliphatic heterocycles. The second-order valence-electron chi connectivity index (χ2n) is 6.83. The molecular weight excluding hydrogens is 214 g/mol. The van der Waals surface area contributed by atoms with E-state index < -0.39 is 5.60 Å². The van der Waals surface area contributed by atoms with Crippen molar-refractivity contribution in [2.45, 2.75) is 60.5 Å². The number of carbonyl (C=O) groups excluding carboxylic acids is 1. The average molecular weight is 243 g/mol. The van der Waals surface area contributed by atoms with Crippen LogP contribution in [0.5, 0.6) is 0 Å². The van der Waals surface area contributed by atoms with E-state index in [1.807, 2.05) is 27.8 Å². The Kier molecular flexibility index (Phi) is 5.50. The van der Waals surface area contributed by atoms with E-state index in [4.69, 9.17) is 4.74 Å². The fraction of sp³-hybridized carbons (Fsp3) is 0.929. The fourth-order valence-corrected chi connectivity index (χ4v) is 1.76. The standard InChI is InChI=1S/C14H29NO2/c1-9-11(13(2,3)4)10-15(8)12(16)17-14(5,6)7/h11H,9-10H2,1-8H3/t11-/m1/s1. The lowest BCUT2D eigenvalue weighted by Gasteiger charge is -2.34. The summed E-state index contributed by atoms with van der Waals surface area (Å²) in [5.41, 5.74) is -0.209. The third-order valence-corrected chi connectivity index (χ3v) is 2.92. The van der Waals surface area contributed by atoms with Gasteiger partial charge in [-0.15, -0.1) is 0 Å². The van der Waals surface area contributed by atoms with Crippen LogP contribution in [-0.4, -0.2) is 30.2 Å². The summed E-state index contributed by atoms with van der Waals surface area (Å²) in [4.78, 5) is 13.5. The van der Waals surface area contributed by atoms with Crippen LogP contribution >= 0.6 is 0 Å². The summed E-state index contributed by atoms with van der Waals surface area (Å²) in [6.45, 7) is 15.2. The zero-order valence-electron chi connectivity index (χ0n) is 12.8. The maximum Gasteiger partial charge on any atom is 0.410 e. The van der Waals surface area contributed by atoms with E-state index in [9.17, 15) is 4.79 Å². The maximum atomic E-state index is 11.8. The van der Waals surface area contributed by atoms with Gasteiger partial charge in [0.1, 0.15) is 5.60 Å². The van der Waals surface area contributed by atoms with Crippen LogP contribution in [0.3, 0.4) is 0 Å². The molecule has 0 bridgehead atoms. The molecule has 0 spiro atoms. The fourth-order valence-electron chi connectivity index (χ4n) is 1.76. The van der Waals surface area contributed by atoms with Crippen molar-refractivity contribution in [2.24, 2.45) is 11.3 Å².